The van der Waals surface area contributed by atoms with Crippen molar-refractivity contribution in [2.45, 2.75) is 11.1 Å². The first kappa shape index (κ1) is 14.7. The third kappa shape index (κ3) is 2.88. The molecule has 0 atom stereocenters. The second-order valence-electron chi connectivity index (χ2n) is 3.70. The summed E-state index contributed by atoms with van der Waals surface area (Å²) in [5, 5.41) is 5.33. The van der Waals surface area contributed by atoms with E-state index in [1.165, 1.54) is 0 Å². The molecular formula is C10H7ClF3N3O2S. The van der Waals surface area contributed by atoms with Gasteiger partial charge in [-0.05, 0) is 12.1 Å². The monoisotopic (exact) mass is 325 g/mol. The third-order valence-electron chi connectivity index (χ3n) is 2.34. The smallest absolute Gasteiger partial charge is 0.284 e. The van der Waals surface area contributed by atoms with Crippen LogP contribution in [0.1, 0.15) is 5.56 Å². The average Bonchev–Trinajstić information content (AvgIpc) is 2.84. The van der Waals surface area contributed by atoms with E-state index in [2.05, 4.69) is 10.2 Å². The summed E-state index contributed by atoms with van der Waals surface area (Å²) in [6.07, 6.45) is -2.74. The van der Waals surface area contributed by atoms with E-state index in [1.807, 2.05) is 4.72 Å². The number of alkyl halides is 3. The summed E-state index contributed by atoms with van der Waals surface area (Å²) in [6, 6.07) is 2.98. The number of halogens is 4. The van der Waals surface area contributed by atoms with Crippen molar-refractivity contribution in [3.63, 3.8) is 0 Å². The molecular weight excluding hydrogens is 319 g/mol. The molecule has 0 unspecified atom stereocenters. The van der Waals surface area contributed by atoms with Gasteiger partial charge in [-0.15, -0.1) is 0 Å². The Morgan fingerprint density at radius 3 is 2.55 bits per heavy atom. The molecule has 0 aliphatic heterocycles. The molecule has 2 N–H and O–H groups in total. The van der Waals surface area contributed by atoms with E-state index in [9.17, 15) is 21.6 Å². The van der Waals surface area contributed by atoms with E-state index in [1.54, 1.807) is 0 Å². The van der Waals surface area contributed by atoms with Gasteiger partial charge in [0.05, 0.1) is 22.5 Å². The molecule has 10 heteroatoms. The summed E-state index contributed by atoms with van der Waals surface area (Å²) in [5.74, 6) is 0. The number of aromatic nitrogens is 2. The highest BCUT2D eigenvalue weighted by Crippen LogP contribution is 2.39. The zero-order valence-electron chi connectivity index (χ0n) is 9.57. The van der Waals surface area contributed by atoms with Crippen molar-refractivity contribution in [3.8, 4) is 0 Å². The normalized spacial score (nSPS) is 12.4. The fourth-order valence-corrected chi connectivity index (χ4v) is 2.73. The fraction of sp³-hybridized carbons (Fsp3) is 0.100. The lowest BCUT2D eigenvalue weighted by molar-refractivity contribution is -0.136. The Labute approximate surface area is 116 Å². The Hall–Kier alpha value is -1.74. The van der Waals surface area contributed by atoms with Crippen LogP contribution in [0.15, 0.2) is 35.5 Å². The Kier molecular flexibility index (Phi) is 3.65. The summed E-state index contributed by atoms with van der Waals surface area (Å²) in [5.41, 5.74) is -1.89. The van der Waals surface area contributed by atoms with Crippen LogP contribution in [0.5, 0.6) is 0 Å². The van der Waals surface area contributed by atoms with Crippen molar-refractivity contribution in [2.24, 2.45) is 0 Å². The number of rotatable bonds is 3. The highest BCUT2D eigenvalue weighted by atomic mass is 35.5. The number of nitrogens with zero attached hydrogens (tertiary/aromatic N) is 1. The molecule has 0 bridgehead atoms. The molecule has 0 saturated carbocycles. The molecule has 0 amide bonds. The summed E-state index contributed by atoms with van der Waals surface area (Å²) >= 11 is 5.65. The number of sulfonamides is 1. The highest BCUT2D eigenvalue weighted by Gasteiger charge is 2.35. The van der Waals surface area contributed by atoms with E-state index < -0.39 is 27.5 Å². The maximum atomic E-state index is 12.8. The number of hydrogen-bond donors (Lipinski definition) is 2. The lowest BCUT2D eigenvalue weighted by atomic mass is 10.2. The Bertz CT molecular complexity index is 714. The van der Waals surface area contributed by atoms with Crippen LogP contribution in [0.4, 0.5) is 18.9 Å². The van der Waals surface area contributed by atoms with Gasteiger partial charge in [0.15, 0.2) is 0 Å². The first-order chi connectivity index (χ1) is 9.22. The number of aromatic amines is 1. The minimum atomic E-state index is -4.74. The van der Waals surface area contributed by atoms with Crippen LogP contribution in [-0.4, -0.2) is 18.6 Å². The van der Waals surface area contributed by atoms with Gasteiger partial charge in [0.2, 0.25) is 0 Å². The minimum Gasteiger partial charge on any atom is -0.284 e. The van der Waals surface area contributed by atoms with Crippen LogP contribution in [0.3, 0.4) is 0 Å². The molecule has 108 valence electrons. The van der Waals surface area contributed by atoms with E-state index in [0.717, 1.165) is 30.6 Å². The van der Waals surface area contributed by atoms with Crippen molar-refractivity contribution in [3.05, 3.63) is 41.2 Å². The molecule has 2 rings (SSSR count). The number of benzene rings is 1. The number of anilines is 1. The molecule has 1 heterocycles. The lowest BCUT2D eigenvalue weighted by Gasteiger charge is -2.15. The summed E-state index contributed by atoms with van der Waals surface area (Å²) in [4.78, 5) is -0.300. The topological polar surface area (TPSA) is 74.8 Å². The summed E-state index contributed by atoms with van der Waals surface area (Å²) < 4.78 is 64.1. The zero-order chi connectivity index (χ0) is 15.0. The van der Waals surface area contributed by atoms with Crippen molar-refractivity contribution in [1.29, 1.82) is 0 Å². The molecule has 0 radical (unpaired) electrons. The highest BCUT2D eigenvalue weighted by molar-refractivity contribution is 7.92. The van der Waals surface area contributed by atoms with Crippen LogP contribution >= 0.6 is 11.6 Å². The van der Waals surface area contributed by atoms with Gasteiger partial charge < -0.3 is 0 Å². The first-order valence-corrected chi connectivity index (χ1v) is 6.95. The van der Waals surface area contributed by atoms with Gasteiger partial charge in [-0.2, -0.15) is 18.3 Å². The number of hydrogen-bond acceptors (Lipinski definition) is 3. The van der Waals surface area contributed by atoms with E-state index >= 15 is 0 Å². The Balaban J connectivity index is 2.50. The molecule has 0 saturated heterocycles. The van der Waals surface area contributed by atoms with Gasteiger partial charge in [0.1, 0.15) is 4.90 Å². The van der Waals surface area contributed by atoms with E-state index in [0.29, 0.717) is 0 Å². The van der Waals surface area contributed by atoms with Gasteiger partial charge >= 0.3 is 6.18 Å². The van der Waals surface area contributed by atoms with Crippen molar-refractivity contribution in [2.75, 3.05) is 4.72 Å². The first-order valence-electron chi connectivity index (χ1n) is 5.09. The van der Waals surface area contributed by atoms with E-state index in [-0.39, 0.29) is 9.92 Å². The van der Waals surface area contributed by atoms with Gasteiger partial charge in [0.25, 0.3) is 10.0 Å². The second-order valence-corrected chi connectivity index (χ2v) is 5.79. The maximum Gasteiger partial charge on any atom is 0.418 e. The van der Waals surface area contributed by atoms with Gasteiger partial charge in [-0.1, -0.05) is 17.7 Å². The average molecular weight is 326 g/mol. The summed E-state index contributed by atoms with van der Waals surface area (Å²) in [7, 11) is -4.20. The standard InChI is InChI=1S/C10H7ClF3N3O2S/c11-8-3-1-2-7(10(12,13)14)9(8)17-20(18,19)6-4-15-16-5-6/h1-5,17H,(H,15,16). The van der Waals surface area contributed by atoms with Crippen LogP contribution in [0.25, 0.3) is 0 Å². The Morgan fingerprint density at radius 1 is 1.30 bits per heavy atom. The van der Waals surface area contributed by atoms with Crippen molar-refractivity contribution in [1.82, 2.24) is 10.2 Å². The van der Waals surface area contributed by atoms with Crippen LogP contribution in [-0.2, 0) is 16.2 Å². The molecule has 20 heavy (non-hydrogen) atoms. The van der Waals surface area contributed by atoms with Gasteiger partial charge in [-0.3, -0.25) is 9.82 Å². The third-order valence-corrected chi connectivity index (χ3v) is 3.97. The molecule has 1 aromatic carbocycles. The van der Waals surface area contributed by atoms with Crippen LogP contribution < -0.4 is 4.72 Å². The van der Waals surface area contributed by atoms with Crippen LogP contribution in [0.2, 0.25) is 5.02 Å². The predicted molar refractivity (Wildman–Crippen MR) is 65.9 cm³/mol. The molecule has 0 aliphatic carbocycles. The number of nitrogens with one attached hydrogen (secondary N) is 2. The predicted octanol–water partition coefficient (Wildman–Crippen LogP) is 2.88. The molecule has 5 nitrogen and oxygen atoms in total. The lowest BCUT2D eigenvalue weighted by Crippen LogP contribution is -2.17. The summed E-state index contributed by atoms with van der Waals surface area (Å²) in [6.45, 7) is 0. The maximum absolute atomic E-state index is 12.8. The zero-order valence-corrected chi connectivity index (χ0v) is 11.1. The van der Waals surface area contributed by atoms with Gasteiger partial charge in [0, 0.05) is 6.20 Å². The quantitative estimate of drug-likeness (QED) is 0.911. The van der Waals surface area contributed by atoms with E-state index in [4.69, 9.17) is 11.6 Å². The SMILES string of the molecule is O=S(=O)(Nc1c(Cl)cccc1C(F)(F)F)c1cn[nH]c1. The van der Waals surface area contributed by atoms with Gasteiger partial charge in [-0.25, -0.2) is 8.42 Å². The second kappa shape index (κ2) is 4.98. The van der Waals surface area contributed by atoms with Crippen molar-refractivity contribution >= 4 is 27.3 Å². The molecule has 2 aromatic rings. The number of H-pyrrole nitrogens is 1. The Morgan fingerprint density at radius 2 is 2.00 bits per heavy atom. The molecule has 1 aromatic heterocycles. The molecule has 0 spiro atoms. The fourth-order valence-electron chi connectivity index (χ4n) is 1.44. The largest absolute Gasteiger partial charge is 0.418 e. The van der Waals surface area contributed by atoms with Crippen molar-refractivity contribution < 1.29 is 21.6 Å². The molecule has 0 aliphatic rings. The number of para-hydroxylation sites is 1. The minimum absolute atomic E-state index is 0.300. The molecule has 0 fully saturated rings. The van der Waals surface area contributed by atoms with Crippen LogP contribution in [0, 0.1) is 0 Å².